The average molecular weight is 430 g/mol. The normalized spacial score (nSPS) is 11.6. The van der Waals surface area contributed by atoms with Crippen LogP contribution in [0.2, 0.25) is 0 Å². The topological polar surface area (TPSA) is 88.5 Å². The van der Waals surface area contributed by atoms with Gasteiger partial charge in [-0.2, -0.15) is 0 Å². The zero-order valence-electron chi connectivity index (χ0n) is 16.2. The van der Waals surface area contributed by atoms with Gasteiger partial charge in [0.15, 0.2) is 0 Å². The Morgan fingerprint density at radius 3 is 2.35 bits per heavy atom. The fraction of sp³-hybridized carbons (Fsp3) is 0.136. The van der Waals surface area contributed by atoms with Gasteiger partial charge in [0.25, 0.3) is 5.91 Å². The molecule has 0 unspecified atom stereocenters. The Hall–Kier alpha value is -3.88. The van der Waals surface area contributed by atoms with Gasteiger partial charge in [0.1, 0.15) is 34.6 Å². The second kappa shape index (κ2) is 9.29. The van der Waals surface area contributed by atoms with E-state index in [4.69, 9.17) is 9.84 Å². The molecule has 31 heavy (non-hydrogen) atoms. The van der Waals surface area contributed by atoms with Gasteiger partial charge in [0.2, 0.25) is 0 Å². The first-order valence-electron chi connectivity index (χ1n) is 9.07. The first-order valence-corrected chi connectivity index (χ1v) is 9.07. The molecule has 6 nitrogen and oxygen atoms in total. The van der Waals surface area contributed by atoms with E-state index in [9.17, 15) is 22.8 Å². The van der Waals surface area contributed by atoms with Crippen LogP contribution in [0.1, 0.15) is 28.5 Å². The van der Waals surface area contributed by atoms with Crippen molar-refractivity contribution in [3.8, 4) is 17.0 Å². The molecular weight excluding hydrogens is 413 g/mol. The number of carbonyl (C=O) groups excluding carboxylic acids is 1. The highest BCUT2D eigenvalue weighted by molar-refractivity contribution is 5.93. The quantitative estimate of drug-likeness (QED) is 0.589. The molecule has 0 aliphatic rings. The third-order valence-electron chi connectivity index (χ3n) is 4.41. The number of aromatic nitrogens is 1. The summed E-state index contributed by atoms with van der Waals surface area (Å²) in [5.74, 6) is -4.22. The number of hydrogen-bond donors (Lipinski definition) is 2. The molecule has 0 aliphatic carbocycles. The van der Waals surface area contributed by atoms with Crippen LogP contribution in [-0.2, 0) is 4.79 Å². The first-order chi connectivity index (χ1) is 14.8. The summed E-state index contributed by atoms with van der Waals surface area (Å²) in [4.78, 5) is 28.1. The van der Waals surface area contributed by atoms with Crippen LogP contribution in [0.5, 0.6) is 5.75 Å². The van der Waals surface area contributed by atoms with Crippen LogP contribution >= 0.6 is 0 Å². The monoisotopic (exact) mass is 430 g/mol. The van der Waals surface area contributed by atoms with Gasteiger partial charge in [-0.3, -0.25) is 9.59 Å². The van der Waals surface area contributed by atoms with Crippen molar-refractivity contribution in [1.82, 2.24) is 10.3 Å². The Labute approximate surface area is 175 Å². The highest BCUT2D eigenvalue weighted by atomic mass is 19.1. The third kappa shape index (κ3) is 5.19. The number of pyridine rings is 1. The number of methoxy groups -OCH3 is 1. The van der Waals surface area contributed by atoms with Crippen LogP contribution in [0.3, 0.4) is 0 Å². The maximum Gasteiger partial charge on any atom is 0.305 e. The molecule has 1 atom stereocenters. The fourth-order valence-electron chi connectivity index (χ4n) is 3.04. The Kier molecular flexibility index (Phi) is 6.54. The van der Waals surface area contributed by atoms with Crippen LogP contribution in [-0.4, -0.2) is 29.1 Å². The summed E-state index contributed by atoms with van der Waals surface area (Å²) in [5, 5.41) is 11.6. The van der Waals surface area contributed by atoms with Crippen LogP contribution in [0.15, 0.2) is 54.6 Å². The molecule has 3 aromatic rings. The Balaban J connectivity index is 1.97. The van der Waals surface area contributed by atoms with Gasteiger partial charge < -0.3 is 15.2 Å². The Morgan fingerprint density at radius 2 is 1.74 bits per heavy atom. The standard InChI is InChI=1S/C22H17F3N2O4/c1-31-19-7-6-17(26-21(19)12-8-13(23)10-14(24)9-12)22(30)27-18(11-20(28)29)15-4-2-3-5-16(15)25/h2-10,18H,11H2,1H3,(H,27,30)(H,28,29)/t18-/m0/s1. The first kappa shape index (κ1) is 21.8. The molecule has 0 fully saturated rings. The summed E-state index contributed by atoms with van der Waals surface area (Å²) in [5.41, 5.74) is -0.124. The molecule has 0 spiro atoms. The lowest BCUT2D eigenvalue weighted by Crippen LogP contribution is -2.31. The average Bonchev–Trinajstić information content (AvgIpc) is 2.72. The molecule has 1 amide bonds. The molecule has 2 aromatic carbocycles. The molecule has 0 saturated carbocycles. The van der Waals surface area contributed by atoms with E-state index in [2.05, 4.69) is 10.3 Å². The highest BCUT2D eigenvalue weighted by Crippen LogP contribution is 2.30. The van der Waals surface area contributed by atoms with Crippen molar-refractivity contribution in [3.05, 3.63) is 83.3 Å². The van der Waals surface area contributed by atoms with E-state index in [1.165, 1.54) is 37.4 Å². The summed E-state index contributed by atoms with van der Waals surface area (Å²) >= 11 is 0. The smallest absolute Gasteiger partial charge is 0.305 e. The summed E-state index contributed by atoms with van der Waals surface area (Å²) in [6.07, 6.45) is -0.565. The lowest BCUT2D eigenvalue weighted by molar-refractivity contribution is -0.137. The summed E-state index contributed by atoms with van der Waals surface area (Å²) in [6.45, 7) is 0. The molecule has 3 rings (SSSR count). The van der Waals surface area contributed by atoms with Gasteiger partial charge in [0.05, 0.1) is 19.6 Å². The van der Waals surface area contributed by atoms with Crippen LogP contribution in [0.25, 0.3) is 11.3 Å². The van der Waals surface area contributed by atoms with Crippen molar-refractivity contribution in [2.45, 2.75) is 12.5 Å². The van der Waals surface area contributed by atoms with Crippen molar-refractivity contribution in [2.75, 3.05) is 7.11 Å². The summed E-state index contributed by atoms with van der Waals surface area (Å²) in [7, 11) is 1.33. The maximum absolute atomic E-state index is 14.2. The Morgan fingerprint density at radius 1 is 1.06 bits per heavy atom. The van der Waals surface area contributed by atoms with Crippen molar-refractivity contribution >= 4 is 11.9 Å². The fourth-order valence-corrected chi connectivity index (χ4v) is 3.04. The lowest BCUT2D eigenvalue weighted by atomic mass is 10.0. The van der Waals surface area contributed by atoms with E-state index in [0.29, 0.717) is 6.07 Å². The molecule has 9 heteroatoms. The highest BCUT2D eigenvalue weighted by Gasteiger charge is 2.23. The molecule has 0 aliphatic heterocycles. The van der Waals surface area contributed by atoms with Crippen molar-refractivity contribution in [2.24, 2.45) is 0 Å². The number of rotatable bonds is 7. The van der Waals surface area contributed by atoms with E-state index in [0.717, 1.165) is 18.2 Å². The second-order valence-electron chi connectivity index (χ2n) is 6.55. The summed E-state index contributed by atoms with van der Waals surface area (Å²) < 4.78 is 46.6. The third-order valence-corrected chi connectivity index (χ3v) is 4.41. The molecule has 2 N–H and O–H groups in total. The number of carbonyl (C=O) groups is 2. The molecule has 1 heterocycles. The number of benzene rings is 2. The van der Waals surface area contributed by atoms with Crippen molar-refractivity contribution < 1.29 is 32.6 Å². The largest absolute Gasteiger partial charge is 0.494 e. The van der Waals surface area contributed by atoms with Crippen molar-refractivity contribution in [3.63, 3.8) is 0 Å². The minimum atomic E-state index is -1.24. The predicted molar refractivity (Wildman–Crippen MR) is 105 cm³/mol. The molecule has 0 saturated heterocycles. The van der Waals surface area contributed by atoms with Gasteiger partial charge in [-0.1, -0.05) is 18.2 Å². The minimum Gasteiger partial charge on any atom is -0.494 e. The van der Waals surface area contributed by atoms with E-state index >= 15 is 0 Å². The zero-order valence-corrected chi connectivity index (χ0v) is 16.2. The van der Waals surface area contributed by atoms with Crippen molar-refractivity contribution in [1.29, 1.82) is 0 Å². The molecule has 0 bridgehead atoms. The molecule has 160 valence electrons. The molecule has 0 radical (unpaired) electrons. The van der Waals surface area contributed by atoms with Crippen LogP contribution in [0.4, 0.5) is 13.2 Å². The van der Waals surface area contributed by atoms with Crippen LogP contribution < -0.4 is 10.1 Å². The molecular formula is C22H17F3N2O4. The van der Waals surface area contributed by atoms with Gasteiger partial charge >= 0.3 is 5.97 Å². The van der Waals surface area contributed by atoms with Crippen LogP contribution in [0, 0.1) is 17.5 Å². The Bertz CT molecular complexity index is 1120. The van der Waals surface area contributed by atoms with Gasteiger partial charge in [-0.25, -0.2) is 18.2 Å². The zero-order chi connectivity index (χ0) is 22.5. The molecule has 1 aromatic heterocycles. The SMILES string of the molecule is COc1ccc(C(=O)N[C@@H](CC(=O)O)c2ccccc2F)nc1-c1cc(F)cc(F)c1. The van der Waals surface area contributed by atoms with E-state index < -0.39 is 41.8 Å². The number of ether oxygens (including phenoxy) is 1. The van der Waals surface area contributed by atoms with Gasteiger partial charge in [-0.05, 0) is 30.3 Å². The second-order valence-corrected chi connectivity index (χ2v) is 6.55. The number of hydrogen-bond acceptors (Lipinski definition) is 4. The summed E-state index contributed by atoms with van der Waals surface area (Å²) in [6, 6.07) is 9.74. The van der Waals surface area contributed by atoms with E-state index in [1.54, 1.807) is 0 Å². The number of halogens is 3. The number of carboxylic acids is 1. The van der Waals surface area contributed by atoms with Gasteiger partial charge in [-0.15, -0.1) is 0 Å². The number of amides is 1. The minimum absolute atomic E-state index is 0.000753. The number of nitrogens with zero attached hydrogens (tertiary/aromatic N) is 1. The number of aliphatic carboxylic acids is 1. The number of nitrogens with one attached hydrogen (secondary N) is 1. The van der Waals surface area contributed by atoms with Gasteiger partial charge in [0, 0.05) is 17.2 Å². The van der Waals surface area contributed by atoms with E-state index in [1.807, 2.05) is 0 Å². The maximum atomic E-state index is 14.2. The number of carboxylic acid groups (broad SMARTS) is 1. The predicted octanol–water partition coefficient (Wildman–Crippen LogP) is 4.12. The van der Waals surface area contributed by atoms with E-state index in [-0.39, 0.29) is 28.3 Å². The lowest BCUT2D eigenvalue weighted by Gasteiger charge is -2.18.